The van der Waals surface area contributed by atoms with E-state index in [-0.39, 0.29) is 5.91 Å². The van der Waals surface area contributed by atoms with Crippen LogP contribution in [0, 0.1) is 0 Å². The molecule has 4 heteroatoms. The van der Waals surface area contributed by atoms with Crippen LogP contribution in [0.25, 0.3) is 11.1 Å². The molecule has 0 saturated carbocycles. The lowest BCUT2D eigenvalue weighted by atomic mass is 10.0. The summed E-state index contributed by atoms with van der Waals surface area (Å²) in [5, 5.41) is 4.22. The molecule has 0 fully saturated rings. The minimum absolute atomic E-state index is 0.252. The summed E-state index contributed by atoms with van der Waals surface area (Å²) in [6, 6.07) is 25.3. The first-order chi connectivity index (χ1) is 13.2. The van der Waals surface area contributed by atoms with Crippen LogP contribution in [0.2, 0.25) is 0 Å². The van der Waals surface area contributed by atoms with Crippen LogP contribution >= 0.6 is 0 Å². The van der Waals surface area contributed by atoms with Gasteiger partial charge >= 0.3 is 0 Å². The fraction of sp³-hybridized carbons (Fsp3) is 0.130. The van der Waals surface area contributed by atoms with Gasteiger partial charge in [-0.05, 0) is 54.8 Å². The van der Waals surface area contributed by atoms with Gasteiger partial charge in [0.15, 0.2) is 0 Å². The molecule has 0 radical (unpaired) electrons. The first-order valence-electron chi connectivity index (χ1n) is 8.90. The summed E-state index contributed by atoms with van der Waals surface area (Å²) in [5.41, 5.74) is 7.16. The third kappa shape index (κ3) is 4.82. The molecular formula is C23H22N2O2. The number of benzene rings is 3. The molecule has 0 aliphatic rings. The SMILES string of the molecule is CCOc1ccc(C(=O)NN=C(C)c2ccc(-c3ccccc3)cc2)cc1. The van der Waals surface area contributed by atoms with Crippen molar-refractivity contribution in [2.45, 2.75) is 13.8 Å². The van der Waals surface area contributed by atoms with Gasteiger partial charge in [0.25, 0.3) is 5.91 Å². The number of ether oxygens (including phenoxy) is 1. The molecule has 0 unspecified atom stereocenters. The Hall–Kier alpha value is -3.40. The largest absolute Gasteiger partial charge is 0.494 e. The molecule has 0 aliphatic carbocycles. The molecule has 0 aromatic heterocycles. The number of carbonyl (C=O) groups excluding carboxylic acids is 1. The Morgan fingerprint density at radius 3 is 2.07 bits per heavy atom. The van der Waals surface area contributed by atoms with Crippen molar-refractivity contribution in [1.29, 1.82) is 0 Å². The van der Waals surface area contributed by atoms with Crippen LogP contribution in [0.4, 0.5) is 0 Å². The van der Waals surface area contributed by atoms with Gasteiger partial charge in [-0.15, -0.1) is 0 Å². The van der Waals surface area contributed by atoms with E-state index in [0.717, 1.165) is 22.6 Å². The quantitative estimate of drug-likeness (QED) is 0.503. The van der Waals surface area contributed by atoms with Gasteiger partial charge in [0, 0.05) is 5.56 Å². The minimum Gasteiger partial charge on any atom is -0.494 e. The molecule has 0 bridgehead atoms. The van der Waals surface area contributed by atoms with Crippen LogP contribution in [-0.2, 0) is 0 Å². The monoisotopic (exact) mass is 358 g/mol. The van der Waals surface area contributed by atoms with Gasteiger partial charge in [-0.1, -0.05) is 54.6 Å². The smallest absolute Gasteiger partial charge is 0.271 e. The highest BCUT2D eigenvalue weighted by atomic mass is 16.5. The van der Waals surface area contributed by atoms with Gasteiger partial charge in [-0.25, -0.2) is 5.43 Å². The summed E-state index contributed by atoms with van der Waals surface area (Å²) in [6.07, 6.45) is 0. The topological polar surface area (TPSA) is 50.7 Å². The molecule has 1 N–H and O–H groups in total. The predicted molar refractivity (Wildman–Crippen MR) is 109 cm³/mol. The highest BCUT2D eigenvalue weighted by Crippen LogP contribution is 2.19. The summed E-state index contributed by atoms with van der Waals surface area (Å²) < 4.78 is 5.38. The summed E-state index contributed by atoms with van der Waals surface area (Å²) >= 11 is 0. The molecular weight excluding hydrogens is 336 g/mol. The Balaban J connectivity index is 1.65. The van der Waals surface area contributed by atoms with Crippen molar-refractivity contribution in [3.63, 3.8) is 0 Å². The van der Waals surface area contributed by atoms with Gasteiger partial charge in [0.2, 0.25) is 0 Å². The maximum Gasteiger partial charge on any atom is 0.271 e. The Morgan fingerprint density at radius 2 is 1.44 bits per heavy atom. The zero-order chi connectivity index (χ0) is 19.1. The van der Waals surface area contributed by atoms with E-state index in [1.807, 2.05) is 44.2 Å². The van der Waals surface area contributed by atoms with Crippen molar-refractivity contribution in [3.8, 4) is 16.9 Å². The zero-order valence-electron chi connectivity index (χ0n) is 15.5. The molecule has 0 heterocycles. The maximum absolute atomic E-state index is 12.2. The van der Waals surface area contributed by atoms with Crippen molar-refractivity contribution in [3.05, 3.63) is 90.0 Å². The highest BCUT2D eigenvalue weighted by molar-refractivity contribution is 6.01. The van der Waals surface area contributed by atoms with Crippen LogP contribution in [0.15, 0.2) is 84.0 Å². The van der Waals surface area contributed by atoms with E-state index >= 15 is 0 Å². The van der Waals surface area contributed by atoms with Gasteiger partial charge in [0.1, 0.15) is 5.75 Å². The van der Waals surface area contributed by atoms with Crippen LogP contribution in [0.1, 0.15) is 29.8 Å². The lowest BCUT2D eigenvalue weighted by Crippen LogP contribution is -2.19. The third-order valence-corrected chi connectivity index (χ3v) is 4.16. The van der Waals surface area contributed by atoms with Gasteiger partial charge in [-0.3, -0.25) is 4.79 Å². The maximum atomic E-state index is 12.2. The molecule has 136 valence electrons. The first kappa shape index (κ1) is 18.4. The summed E-state index contributed by atoms with van der Waals surface area (Å²) in [7, 11) is 0. The number of hydrogen-bond donors (Lipinski definition) is 1. The van der Waals surface area contributed by atoms with Gasteiger partial charge < -0.3 is 4.74 Å². The Morgan fingerprint density at radius 1 is 0.852 bits per heavy atom. The molecule has 27 heavy (non-hydrogen) atoms. The van der Waals surface area contributed by atoms with Crippen LogP contribution in [0.5, 0.6) is 5.75 Å². The molecule has 0 spiro atoms. The predicted octanol–water partition coefficient (Wildman–Crippen LogP) is 4.91. The van der Waals surface area contributed by atoms with Crippen LogP contribution in [0.3, 0.4) is 0 Å². The third-order valence-electron chi connectivity index (χ3n) is 4.16. The van der Waals surface area contributed by atoms with Crippen LogP contribution < -0.4 is 10.2 Å². The number of rotatable bonds is 6. The average Bonchev–Trinajstić information content (AvgIpc) is 2.73. The van der Waals surface area contributed by atoms with E-state index in [1.54, 1.807) is 24.3 Å². The van der Waals surface area contributed by atoms with Crippen molar-refractivity contribution in [2.75, 3.05) is 6.61 Å². The van der Waals surface area contributed by atoms with Crippen molar-refractivity contribution < 1.29 is 9.53 Å². The van der Waals surface area contributed by atoms with E-state index in [0.29, 0.717) is 12.2 Å². The lowest BCUT2D eigenvalue weighted by molar-refractivity contribution is 0.0955. The summed E-state index contributed by atoms with van der Waals surface area (Å²) in [4.78, 5) is 12.2. The van der Waals surface area contributed by atoms with Gasteiger partial charge in [0.05, 0.1) is 12.3 Å². The van der Waals surface area contributed by atoms with E-state index in [9.17, 15) is 4.79 Å². The second-order valence-electron chi connectivity index (χ2n) is 6.04. The fourth-order valence-electron chi connectivity index (χ4n) is 2.67. The normalized spacial score (nSPS) is 11.1. The van der Waals surface area contributed by atoms with E-state index < -0.39 is 0 Å². The number of nitrogens with one attached hydrogen (secondary N) is 1. The molecule has 1 amide bonds. The van der Waals surface area contributed by atoms with Crippen molar-refractivity contribution in [2.24, 2.45) is 5.10 Å². The molecule has 0 saturated heterocycles. The Labute approximate surface area is 159 Å². The zero-order valence-corrected chi connectivity index (χ0v) is 15.5. The number of hydrogen-bond acceptors (Lipinski definition) is 3. The second-order valence-corrected chi connectivity index (χ2v) is 6.04. The summed E-state index contributed by atoms with van der Waals surface area (Å²) in [6.45, 7) is 4.39. The number of nitrogens with zero attached hydrogens (tertiary/aromatic N) is 1. The van der Waals surface area contributed by atoms with Crippen LogP contribution in [-0.4, -0.2) is 18.2 Å². The average molecular weight is 358 g/mol. The van der Waals surface area contributed by atoms with Gasteiger partial charge in [-0.2, -0.15) is 5.10 Å². The molecule has 3 aromatic rings. The highest BCUT2D eigenvalue weighted by Gasteiger charge is 2.06. The van der Waals surface area contributed by atoms with Crippen molar-refractivity contribution >= 4 is 11.6 Å². The molecule has 3 rings (SSSR count). The standard InChI is InChI=1S/C23H22N2O2/c1-3-27-22-15-13-21(14-16-22)23(26)25-24-17(2)18-9-11-20(12-10-18)19-7-5-4-6-8-19/h4-16H,3H2,1-2H3,(H,25,26). The van der Waals surface area contributed by atoms with E-state index in [2.05, 4.69) is 34.8 Å². The minimum atomic E-state index is -0.252. The van der Waals surface area contributed by atoms with Crippen molar-refractivity contribution in [1.82, 2.24) is 5.43 Å². The van der Waals surface area contributed by atoms with E-state index in [1.165, 1.54) is 5.56 Å². The molecule has 0 atom stereocenters. The van der Waals surface area contributed by atoms with E-state index in [4.69, 9.17) is 4.74 Å². The Kier molecular flexibility index (Phi) is 6.00. The Bertz CT molecular complexity index is 915. The molecule has 0 aliphatic heterocycles. The number of amides is 1. The number of hydrazone groups is 1. The fourth-order valence-corrected chi connectivity index (χ4v) is 2.67. The second kappa shape index (κ2) is 8.81. The summed E-state index contributed by atoms with van der Waals surface area (Å²) in [5.74, 6) is 0.491. The molecule has 3 aromatic carbocycles. The lowest BCUT2D eigenvalue weighted by Gasteiger charge is -2.06. The number of carbonyl (C=O) groups is 1. The first-order valence-corrected chi connectivity index (χ1v) is 8.90. The molecule has 4 nitrogen and oxygen atoms in total.